The van der Waals surface area contributed by atoms with Gasteiger partial charge in [0.2, 0.25) is 5.91 Å². The summed E-state index contributed by atoms with van der Waals surface area (Å²) in [4.78, 5) is 32.1. The fraction of sp³-hybridized carbons (Fsp3) is 0.185. The summed E-state index contributed by atoms with van der Waals surface area (Å²) in [7, 11) is 0. The number of rotatable bonds is 5. The van der Waals surface area contributed by atoms with Gasteiger partial charge in [-0.3, -0.25) is 9.36 Å². The molecule has 0 unspecified atom stereocenters. The lowest BCUT2D eigenvalue weighted by Crippen LogP contribution is -2.39. The third kappa shape index (κ3) is 5.27. The van der Waals surface area contributed by atoms with Crippen LogP contribution in [0.4, 0.5) is 0 Å². The third-order valence-corrected chi connectivity index (χ3v) is 8.73. The van der Waals surface area contributed by atoms with Crippen molar-refractivity contribution >= 4 is 62.3 Å². The van der Waals surface area contributed by atoms with Crippen molar-refractivity contribution in [2.45, 2.75) is 28.7 Å². The minimum Gasteiger partial charge on any atom is -0.339 e. The van der Waals surface area contributed by atoms with Crippen molar-refractivity contribution in [3.63, 3.8) is 0 Å². The van der Waals surface area contributed by atoms with Gasteiger partial charge in [-0.1, -0.05) is 53.7 Å². The molecule has 8 heteroatoms. The average Bonchev–Trinajstić information content (AvgIpc) is 3.21. The molecule has 4 aromatic rings. The maximum atomic E-state index is 12.8. The monoisotopic (exact) mass is 567 g/mol. The molecule has 3 aromatic carbocycles. The Hall–Kier alpha value is -2.74. The van der Waals surface area contributed by atoms with Gasteiger partial charge in [0.05, 0.1) is 16.1 Å². The van der Waals surface area contributed by atoms with Crippen LogP contribution in [0.2, 0.25) is 5.02 Å². The summed E-state index contributed by atoms with van der Waals surface area (Å²) in [5.41, 5.74) is 2.55. The third-order valence-electron chi connectivity index (χ3n) is 6.20. The molecule has 0 spiro atoms. The number of hydrogen-bond donors (Lipinski definition) is 1. The molecule has 1 fully saturated rings. The minimum absolute atomic E-state index is 0.0301. The van der Waals surface area contributed by atoms with E-state index < -0.39 is 0 Å². The molecule has 0 bridgehead atoms. The highest BCUT2D eigenvalue weighted by Gasteiger charge is 2.25. The fourth-order valence-electron chi connectivity index (χ4n) is 4.40. The number of nitrogens with zero attached hydrogens (tertiary/aromatic N) is 2. The summed E-state index contributed by atoms with van der Waals surface area (Å²) < 4.78 is 2.86. The number of halogens is 2. The standard InChI is InChI=1S/C27H23BrClN3O2S/c28-20-5-1-4-8-24(20)35-25-11-9-18(17-21(25)29)10-12-26(33)31-15-13-19(14-16-31)32-23-7-3-2-6-22(23)30-27(32)34/h1-12,17,19H,13-16H2,(H,30,34)/b12-10+. The Morgan fingerprint density at radius 3 is 2.54 bits per heavy atom. The van der Waals surface area contributed by atoms with E-state index >= 15 is 0 Å². The van der Waals surface area contributed by atoms with E-state index in [1.807, 2.05) is 76.2 Å². The van der Waals surface area contributed by atoms with Crippen LogP contribution in [0.25, 0.3) is 17.1 Å². The Bertz CT molecular complexity index is 1470. The van der Waals surface area contributed by atoms with Crippen LogP contribution in [-0.4, -0.2) is 33.4 Å². The Labute approximate surface area is 220 Å². The molecule has 35 heavy (non-hydrogen) atoms. The number of carbonyl (C=O) groups is 1. The molecule has 0 atom stereocenters. The topological polar surface area (TPSA) is 58.1 Å². The molecule has 0 saturated carbocycles. The normalized spacial score (nSPS) is 14.7. The van der Waals surface area contributed by atoms with Crippen LogP contribution in [0.3, 0.4) is 0 Å². The number of likely N-dealkylation sites (tertiary alicyclic amines) is 1. The molecule has 5 rings (SSSR count). The summed E-state index contributed by atoms with van der Waals surface area (Å²) in [6, 6.07) is 21.6. The summed E-state index contributed by atoms with van der Waals surface area (Å²) in [6.07, 6.45) is 4.89. The highest BCUT2D eigenvalue weighted by Crippen LogP contribution is 2.37. The summed E-state index contributed by atoms with van der Waals surface area (Å²) in [5, 5.41) is 0.644. The van der Waals surface area contributed by atoms with Crippen molar-refractivity contribution < 1.29 is 4.79 Å². The first kappa shape index (κ1) is 24.0. The first-order valence-corrected chi connectivity index (χ1v) is 13.4. The molecule has 1 N–H and O–H groups in total. The lowest BCUT2D eigenvalue weighted by atomic mass is 10.0. The van der Waals surface area contributed by atoms with Crippen molar-refractivity contribution in [1.29, 1.82) is 0 Å². The van der Waals surface area contributed by atoms with E-state index in [1.54, 1.807) is 23.9 Å². The molecular formula is C27H23BrClN3O2S. The number of fused-ring (bicyclic) bond motifs is 1. The molecule has 0 radical (unpaired) electrons. The second-order valence-corrected chi connectivity index (χ2v) is 10.8. The van der Waals surface area contributed by atoms with Crippen LogP contribution in [0.15, 0.2) is 91.9 Å². The van der Waals surface area contributed by atoms with Gasteiger partial charge < -0.3 is 9.88 Å². The Kier molecular flexibility index (Phi) is 7.18. The van der Waals surface area contributed by atoms with Gasteiger partial charge in [0.1, 0.15) is 0 Å². The van der Waals surface area contributed by atoms with Gasteiger partial charge in [-0.2, -0.15) is 0 Å². The first-order valence-electron chi connectivity index (χ1n) is 11.4. The zero-order chi connectivity index (χ0) is 24.4. The smallest absolute Gasteiger partial charge is 0.326 e. The van der Waals surface area contributed by atoms with Crippen LogP contribution < -0.4 is 5.69 Å². The predicted octanol–water partition coefficient (Wildman–Crippen LogP) is 6.77. The average molecular weight is 569 g/mol. The first-order chi connectivity index (χ1) is 17.0. The Balaban J connectivity index is 1.21. The predicted molar refractivity (Wildman–Crippen MR) is 146 cm³/mol. The van der Waals surface area contributed by atoms with E-state index in [4.69, 9.17) is 11.6 Å². The van der Waals surface area contributed by atoms with E-state index in [0.717, 1.165) is 43.7 Å². The number of amides is 1. The Morgan fingerprint density at radius 1 is 1.03 bits per heavy atom. The van der Waals surface area contributed by atoms with Gasteiger partial charge in [0, 0.05) is 39.5 Å². The molecule has 1 aliphatic heterocycles. The number of hydrogen-bond acceptors (Lipinski definition) is 3. The molecule has 1 amide bonds. The van der Waals surface area contributed by atoms with Gasteiger partial charge in [0.15, 0.2) is 0 Å². The molecule has 178 valence electrons. The molecule has 1 aliphatic rings. The van der Waals surface area contributed by atoms with Crippen molar-refractivity contribution in [2.75, 3.05) is 13.1 Å². The lowest BCUT2D eigenvalue weighted by Gasteiger charge is -2.32. The zero-order valence-electron chi connectivity index (χ0n) is 18.8. The van der Waals surface area contributed by atoms with Crippen molar-refractivity contribution in [3.8, 4) is 0 Å². The molecule has 2 heterocycles. The second-order valence-electron chi connectivity index (χ2n) is 8.43. The SMILES string of the molecule is O=C(/C=C/c1ccc(Sc2ccccc2Br)c(Cl)c1)N1CCC(n2c(=O)[nH]c3ccccc32)CC1. The number of H-pyrrole nitrogens is 1. The number of nitrogens with one attached hydrogen (secondary N) is 1. The number of aromatic nitrogens is 2. The zero-order valence-corrected chi connectivity index (χ0v) is 21.9. The van der Waals surface area contributed by atoms with Gasteiger partial charge in [-0.15, -0.1) is 0 Å². The molecular weight excluding hydrogens is 546 g/mol. The number of imidazole rings is 1. The van der Waals surface area contributed by atoms with Gasteiger partial charge in [0.25, 0.3) is 0 Å². The number of benzene rings is 3. The van der Waals surface area contributed by atoms with Gasteiger partial charge >= 0.3 is 5.69 Å². The molecule has 1 aromatic heterocycles. The van der Waals surface area contributed by atoms with Gasteiger partial charge in [-0.25, -0.2) is 4.79 Å². The maximum Gasteiger partial charge on any atom is 0.326 e. The van der Waals surface area contributed by atoms with E-state index in [1.165, 1.54) is 0 Å². The Morgan fingerprint density at radius 2 is 1.77 bits per heavy atom. The largest absolute Gasteiger partial charge is 0.339 e. The van der Waals surface area contributed by atoms with E-state index in [-0.39, 0.29) is 17.6 Å². The van der Waals surface area contributed by atoms with Crippen LogP contribution in [0.1, 0.15) is 24.4 Å². The number of carbonyl (C=O) groups excluding carboxylic acids is 1. The van der Waals surface area contributed by atoms with Crippen molar-refractivity contribution in [3.05, 3.63) is 98.3 Å². The minimum atomic E-state index is -0.0889. The molecule has 1 saturated heterocycles. The van der Waals surface area contributed by atoms with E-state index in [9.17, 15) is 9.59 Å². The van der Waals surface area contributed by atoms with Crippen LogP contribution in [-0.2, 0) is 4.79 Å². The molecule has 5 nitrogen and oxygen atoms in total. The summed E-state index contributed by atoms with van der Waals surface area (Å²) in [6.45, 7) is 1.23. The second kappa shape index (κ2) is 10.5. The highest BCUT2D eigenvalue weighted by molar-refractivity contribution is 9.10. The van der Waals surface area contributed by atoms with Crippen molar-refractivity contribution in [1.82, 2.24) is 14.5 Å². The van der Waals surface area contributed by atoms with Gasteiger partial charge in [-0.05, 0) is 76.8 Å². The lowest BCUT2D eigenvalue weighted by molar-refractivity contribution is -0.127. The van der Waals surface area contributed by atoms with Crippen LogP contribution in [0, 0.1) is 0 Å². The van der Waals surface area contributed by atoms with E-state index in [0.29, 0.717) is 18.1 Å². The van der Waals surface area contributed by atoms with E-state index in [2.05, 4.69) is 20.9 Å². The molecule has 0 aliphatic carbocycles. The number of aromatic amines is 1. The maximum absolute atomic E-state index is 12.8. The number of para-hydroxylation sites is 2. The fourth-order valence-corrected chi connectivity index (χ4v) is 6.08. The van der Waals surface area contributed by atoms with Crippen LogP contribution in [0.5, 0.6) is 0 Å². The quantitative estimate of drug-likeness (QED) is 0.270. The number of piperidine rings is 1. The van der Waals surface area contributed by atoms with Crippen molar-refractivity contribution in [2.24, 2.45) is 0 Å². The van der Waals surface area contributed by atoms with Crippen LogP contribution >= 0.6 is 39.3 Å². The summed E-state index contributed by atoms with van der Waals surface area (Å²) >= 11 is 11.7. The summed E-state index contributed by atoms with van der Waals surface area (Å²) in [5.74, 6) is -0.0301. The highest BCUT2D eigenvalue weighted by atomic mass is 79.9.